The number of urea groups is 1. The summed E-state index contributed by atoms with van der Waals surface area (Å²) in [5, 5.41) is 3.85. The Balaban J connectivity index is 1.77. The number of rotatable bonds is 1. The number of benzene rings is 2. The van der Waals surface area contributed by atoms with E-state index in [2.05, 4.69) is 11.4 Å². The van der Waals surface area contributed by atoms with Gasteiger partial charge >= 0.3 is 6.03 Å². The lowest BCUT2D eigenvalue weighted by Gasteiger charge is -2.29. The van der Waals surface area contributed by atoms with E-state index in [1.54, 1.807) is 17.0 Å². The number of nitrogens with zero attached hydrogens (tertiary/aromatic N) is 1. The highest BCUT2D eigenvalue weighted by molar-refractivity contribution is 6.42. The van der Waals surface area contributed by atoms with Gasteiger partial charge in [-0.2, -0.15) is 0 Å². The van der Waals surface area contributed by atoms with Gasteiger partial charge < -0.3 is 10.2 Å². The molecule has 22 heavy (non-hydrogen) atoms. The van der Waals surface area contributed by atoms with Crippen molar-refractivity contribution >= 4 is 46.5 Å². The Bertz CT molecular complexity index is 710. The molecule has 0 fully saturated rings. The molecular formula is C16H13Cl3N2O. The first kappa shape index (κ1) is 15.5. The first-order valence-corrected chi connectivity index (χ1v) is 7.95. The topological polar surface area (TPSA) is 32.3 Å². The van der Waals surface area contributed by atoms with Crippen molar-refractivity contribution in [1.29, 1.82) is 0 Å². The molecule has 0 atom stereocenters. The fraction of sp³-hybridized carbons (Fsp3) is 0.188. The van der Waals surface area contributed by atoms with Gasteiger partial charge in [-0.25, -0.2) is 4.79 Å². The second-order valence-corrected chi connectivity index (χ2v) is 6.37. The van der Waals surface area contributed by atoms with Crippen molar-refractivity contribution in [1.82, 2.24) is 4.90 Å². The van der Waals surface area contributed by atoms with Crippen molar-refractivity contribution in [3.63, 3.8) is 0 Å². The third kappa shape index (κ3) is 3.17. The molecule has 1 heterocycles. The number of hydrogen-bond donors (Lipinski definition) is 1. The van der Waals surface area contributed by atoms with Crippen LogP contribution in [0, 0.1) is 0 Å². The minimum absolute atomic E-state index is 0.222. The summed E-state index contributed by atoms with van der Waals surface area (Å²) in [5.74, 6) is 0. The summed E-state index contributed by atoms with van der Waals surface area (Å²) in [4.78, 5) is 14.2. The smallest absolute Gasteiger partial charge is 0.320 e. The lowest BCUT2D eigenvalue weighted by Crippen LogP contribution is -2.38. The van der Waals surface area contributed by atoms with Crippen LogP contribution in [-0.2, 0) is 13.0 Å². The highest BCUT2D eigenvalue weighted by Crippen LogP contribution is 2.34. The molecule has 2 aromatic carbocycles. The van der Waals surface area contributed by atoms with Gasteiger partial charge in [-0.1, -0.05) is 59.1 Å². The van der Waals surface area contributed by atoms with Crippen LogP contribution in [0.3, 0.4) is 0 Å². The number of hydrogen-bond acceptors (Lipinski definition) is 1. The van der Waals surface area contributed by atoms with Gasteiger partial charge in [0.2, 0.25) is 0 Å². The van der Waals surface area contributed by atoms with E-state index in [0.29, 0.717) is 33.8 Å². The second kappa shape index (κ2) is 6.37. The predicted octanol–water partition coefficient (Wildman–Crippen LogP) is 5.24. The molecule has 0 saturated carbocycles. The molecule has 2 amide bonds. The molecule has 0 unspecified atom stereocenters. The van der Waals surface area contributed by atoms with Crippen LogP contribution in [-0.4, -0.2) is 17.5 Å². The fourth-order valence-corrected chi connectivity index (χ4v) is 3.43. The zero-order valence-corrected chi connectivity index (χ0v) is 13.8. The fourth-order valence-electron chi connectivity index (χ4n) is 2.52. The molecule has 0 aromatic heterocycles. The van der Waals surface area contributed by atoms with Crippen molar-refractivity contribution in [2.45, 2.75) is 13.0 Å². The normalized spacial score (nSPS) is 13.7. The second-order valence-electron chi connectivity index (χ2n) is 5.11. The van der Waals surface area contributed by atoms with Gasteiger partial charge in [0, 0.05) is 18.1 Å². The Hall–Kier alpha value is -1.42. The average molecular weight is 356 g/mol. The number of anilines is 1. The Morgan fingerprint density at radius 1 is 1.05 bits per heavy atom. The van der Waals surface area contributed by atoms with Gasteiger partial charge in [-0.3, -0.25) is 0 Å². The van der Waals surface area contributed by atoms with Crippen LogP contribution in [0.1, 0.15) is 11.1 Å². The number of fused-ring (bicyclic) bond motifs is 1. The van der Waals surface area contributed by atoms with E-state index in [9.17, 15) is 4.79 Å². The zero-order valence-electron chi connectivity index (χ0n) is 11.6. The molecule has 2 aromatic rings. The Morgan fingerprint density at radius 3 is 2.36 bits per heavy atom. The molecule has 0 saturated heterocycles. The molecule has 3 rings (SSSR count). The molecule has 1 N–H and O–H groups in total. The summed E-state index contributed by atoms with van der Waals surface area (Å²) in [6.45, 7) is 1.23. The predicted molar refractivity (Wildman–Crippen MR) is 91.0 cm³/mol. The van der Waals surface area contributed by atoms with E-state index in [-0.39, 0.29) is 6.03 Å². The van der Waals surface area contributed by atoms with Crippen LogP contribution < -0.4 is 5.32 Å². The lowest BCUT2D eigenvalue weighted by atomic mass is 10.0. The maximum atomic E-state index is 12.4. The quantitative estimate of drug-likeness (QED) is 0.745. The van der Waals surface area contributed by atoms with Crippen molar-refractivity contribution in [3.05, 3.63) is 62.6 Å². The molecule has 1 aliphatic heterocycles. The van der Waals surface area contributed by atoms with E-state index >= 15 is 0 Å². The summed E-state index contributed by atoms with van der Waals surface area (Å²) in [6.07, 6.45) is 0.839. The van der Waals surface area contributed by atoms with Crippen LogP contribution in [0.5, 0.6) is 0 Å². The summed E-state index contributed by atoms with van der Waals surface area (Å²) in [6, 6.07) is 11.0. The number of nitrogens with one attached hydrogen (secondary N) is 1. The van der Waals surface area contributed by atoms with Gasteiger partial charge in [0.25, 0.3) is 0 Å². The Labute approximate surface area is 143 Å². The first-order valence-electron chi connectivity index (χ1n) is 6.82. The Morgan fingerprint density at radius 2 is 1.68 bits per heavy atom. The van der Waals surface area contributed by atoms with E-state index in [4.69, 9.17) is 34.8 Å². The lowest BCUT2D eigenvalue weighted by molar-refractivity contribution is 0.206. The van der Waals surface area contributed by atoms with Gasteiger partial charge in [0.1, 0.15) is 0 Å². The van der Waals surface area contributed by atoms with Gasteiger partial charge in [0.15, 0.2) is 0 Å². The monoisotopic (exact) mass is 354 g/mol. The minimum Gasteiger partial charge on any atom is -0.320 e. The number of amides is 2. The van der Waals surface area contributed by atoms with E-state index in [0.717, 1.165) is 12.0 Å². The van der Waals surface area contributed by atoms with E-state index in [1.807, 2.05) is 18.2 Å². The summed E-state index contributed by atoms with van der Waals surface area (Å²) < 4.78 is 0. The van der Waals surface area contributed by atoms with Crippen LogP contribution in [0.4, 0.5) is 10.5 Å². The van der Waals surface area contributed by atoms with Gasteiger partial charge in [0.05, 0.1) is 15.7 Å². The molecule has 0 aliphatic carbocycles. The third-order valence-corrected chi connectivity index (χ3v) is 4.47. The first-order chi connectivity index (χ1) is 10.5. The van der Waals surface area contributed by atoms with E-state index in [1.165, 1.54) is 5.56 Å². The molecule has 0 bridgehead atoms. The number of carbonyl (C=O) groups excluding carboxylic acids is 1. The van der Waals surface area contributed by atoms with Crippen LogP contribution in [0.15, 0.2) is 36.4 Å². The van der Waals surface area contributed by atoms with Crippen LogP contribution >= 0.6 is 34.8 Å². The minimum atomic E-state index is -0.222. The number of carbonyl (C=O) groups is 1. The highest BCUT2D eigenvalue weighted by atomic mass is 35.5. The molecule has 0 radical (unpaired) electrons. The average Bonchev–Trinajstić information content (AvgIpc) is 2.50. The molecular weight excluding hydrogens is 343 g/mol. The van der Waals surface area contributed by atoms with Crippen LogP contribution in [0.2, 0.25) is 15.1 Å². The van der Waals surface area contributed by atoms with Crippen molar-refractivity contribution in [2.24, 2.45) is 0 Å². The van der Waals surface area contributed by atoms with Crippen molar-refractivity contribution in [3.8, 4) is 0 Å². The maximum Gasteiger partial charge on any atom is 0.322 e. The van der Waals surface area contributed by atoms with Crippen molar-refractivity contribution < 1.29 is 4.79 Å². The van der Waals surface area contributed by atoms with Gasteiger partial charge in [-0.15, -0.1) is 0 Å². The molecule has 1 aliphatic rings. The zero-order chi connectivity index (χ0) is 15.7. The summed E-state index contributed by atoms with van der Waals surface area (Å²) in [5.41, 5.74) is 2.84. The van der Waals surface area contributed by atoms with Crippen molar-refractivity contribution in [2.75, 3.05) is 11.9 Å². The highest BCUT2D eigenvalue weighted by Gasteiger charge is 2.21. The molecule has 6 heteroatoms. The number of halogens is 3. The Kier molecular flexibility index (Phi) is 4.48. The SMILES string of the molecule is O=C(Nc1c(Cl)cc(Cl)cc1Cl)N1CCc2ccccc2C1. The maximum absolute atomic E-state index is 12.4. The molecule has 3 nitrogen and oxygen atoms in total. The van der Waals surface area contributed by atoms with Crippen LogP contribution in [0.25, 0.3) is 0 Å². The molecule has 0 spiro atoms. The third-order valence-electron chi connectivity index (χ3n) is 3.66. The largest absolute Gasteiger partial charge is 0.322 e. The standard InChI is InChI=1S/C16H13Cl3N2O/c17-12-7-13(18)15(14(19)8-12)20-16(22)21-6-5-10-3-1-2-4-11(10)9-21/h1-4,7-8H,5-6,9H2,(H,20,22). The van der Waals surface area contributed by atoms with E-state index < -0.39 is 0 Å². The van der Waals surface area contributed by atoms with Gasteiger partial charge in [-0.05, 0) is 29.7 Å². The summed E-state index contributed by atoms with van der Waals surface area (Å²) in [7, 11) is 0. The molecule has 114 valence electrons. The summed E-state index contributed by atoms with van der Waals surface area (Å²) >= 11 is 18.1.